The maximum atomic E-state index is 12.6. The summed E-state index contributed by atoms with van der Waals surface area (Å²) in [6, 6.07) is 7.47. The van der Waals surface area contributed by atoms with E-state index >= 15 is 0 Å². The van der Waals surface area contributed by atoms with Crippen molar-refractivity contribution in [3.63, 3.8) is 0 Å². The standard InChI is InChI=1S/C16H25N3O3S/c1-4-23(21,22)17-14-8-10-19(11-9-14)16(20)13-6-5-7-15(12-13)18(2)3/h5-7,12,14,17H,4,8-11H2,1-3H3. The molecule has 1 heterocycles. The number of sulfonamides is 1. The summed E-state index contributed by atoms with van der Waals surface area (Å²) in [4.78, 5) is 16.3. The van der Waals surface area contributed by atoms with Crippen molar-refractivity contribution < 1.29 is 13.2 Å². The summed E-state index contributed by atoms with van der Waals surface area (Å²) in [5.41, 5.74) is 1.66. The number of rotatable bonds is 5. The Morgan fingerprint density at radius 1 is 1.30 bits per heavy atom. The van der Waals surface area contributed by atoms with Gasteiger partial charge >= 0.3 is 0 Å². The summed E-state index contributed by atoms with van der Waals surface area (Å²) >= 11 is 0. The molecule has 2 rings (SSSR count). The van der Waals surface area contributed by atoms with Crippen molar-refractivity contribution in [2.45, 2.75) is 25.8 Å². The second-order valence-electron chi connectivity index (χ2n) is 6.03. The summed E-state index contributed by atoms with van der Waals surface area (Å²) in [5, 5.41) is 0. The molecule has 1 aromatic rings. The van der Waals surface area contributed by atoms with Crippen LogP contribution in [0.4, 0.5) is 5.69 Å². The van der Waals surface area contributed by atoms with Crippen molar-refractivity contribution in [2.75, 3.05) is 37.8 Å². The first-order valence-corrected chi connectivity index (χ1v) is 9.54. The highest BCUT2D eigenvalue weighted by Crippen LogP contribution is 2.18. The number of carbonyl (C=O) groups is 1. The van der Waals surface area contributed by atoms with Gasteiger partial charge in [0.2, 0.25) is 10.0 Å². The monoisotopic (exact) mass is 339 g/mol. The van der Waals surface area contributed by atoms with Gasteiger partial charge in [0.05, 0.1) is 5.75 Å². The third kappa shape index (κ3) is 4.68. The number of hydrogen-bond acceptors (Lipinski definition) is 4. The molecule has 6 nitrogen and oxygen atoms in total. The molecular formula is C16H25N3O3S. The Hall–Kier alpha value is -1.60. The van der Waals surface area contributed by atoms with Crippen molar-refractivity contribution >= 4 is 21.6 Å². The SMILES string of the molecule is CCS(=O)(=O)NC1CCN(C(=O)c2cccc(N(C)C)c2)CC1. The highest BCUT2D eigenvalue weighted by molar-refractivity contribution is 7.89. The zero-order valence-corrected chi connectivity index (χ0v) is 14.8. The van der Waals surface area contributed by atoms with Crippen LogP contribution in [-0.2, 0) is 10.0 Å². The number of benzene rings is 1. The lowest BCUT2D eigenvalue weighted by Crippen LogP contribution is -2.46. The van der Waals surface area contributed by atoms with Crippen LogP contribution in [0.3, 0.4) is 0 Å². The minimum atomic E-state index is -3.18. The van der Waals surface area contributed by atoms with Gasteiger partial charge in [-0.1, -0.05) is 6.07 Å². The number of hydrogen-bond donors (Lipinski definition) is 1. The molecule has 1 aliphatic rings. The molecule has 1 fully saturated rings. The summed E-state index contributed by atoms with van der Waals surface area (Å²) < 4.78 is 25.9. The zero-order valence-electron chi connectivity index (χ0n) is 13.9. The van der Waals surface area contributed by atoms with Crippen LogP contribution in [0.5, 0.6) is 0 Å². The molecule has 0 unspecified atom stereocenters. The lowest BCUT2D eigenvalue weighted by atomic mass is 10.0. The minimum absolute atomic E-state index is 0.00509. The Kier molecular flexibility index (Phi) is 5.64. The van der Waals surface area contributed by atoms with Crippen LogP contribution in [0, 0.1) is 0 Å². The molecular weight excluding hydrogens is 314 g/mol. The number of nitrogens with zero attached hydrogens (tertiary/aromatic N) is 2. The lowest BCUT2D eigenvalue weighted by Gasteiger charge is -2.32. The van der Waals surface area contributed by atoms with Crippen LogP contribution < -0.4 is 9.62 Å². The molecule has 0 spiro atoms. The summed E-state index contributed by atoms with van der Waals surface area (Å²) in [6.45, 7) is 2.77. The molecule has 1 aromatic carbocycles. The van der Waals surface area contributed by atoms with Crippen molar-refractivity contribution in [2.24, 2.45) is 0 Å². The van der Waals surface area contributed by atoms with Crippen molar-refractivity contribution in [1.82, 2.24) is 9.62 Å². The fraction of sp³-hybridized carbons (Fsp3) is 0.562. The number of anilines is 1. The maximum absolute atomic E-state index is 12.6. The molecule has 0 aromatic heterocycles. The average molecular weight is 339 g/mol. The van der Waals surface area contributed by atoms with Crippen LogP contribution in [0.2, 0.25) is 0 Å². The van der Waals surface area contributed by atoms with Gasteiger partial charge in [-0.25, -0.2) is 13.1 Å². The first-order valence-electron chi connectivity index (χ1n) is 7.89. The third-order valence-electron chi connectivity index (χ3n) is 4.12. The van der Waals surface area contributed by atoms with E-state index < -0.39 is 10.0 Å². The zero-order chi connectivity index (χ0) is 17.0. The van der Waals surface area contributed by atoms with Gasteiger partial charge in [-0.2, -0.15) is 0 Å². The molecule has 1 amide bonds. The van der Waals surface area contributed by atoms with E-state index in [9.17, 15) is 13.2 Å². The van der Waals surface area contributed by atoms with E-state index in [1.807, 2.05) is 43.3 Å². The van der Waals surface area contributed by atoms with E-state index in [2.05, 4.69) is 4.72 Å². The van der Waals surface area contributed by atoms with Gasteiger partial charge in [0.25, 0.3) is 5.91 Å². The molecule has 7 heteroatoms. The molecule has 1 aliphatic heterocycles. The van der Waals surface area contributed by atoms with Gasteiger partial charge in [0.1, 0.15) is 0 Å². The predicted molar refractivity (Wildman–Crippen MR) is 92.3 cm³/mol. The second-order valence-corrected chi connectivity index (χ2v) is 8.08. The summed E-state index contributed by atoms with van der Waals surface area (Å²) in [5.74, 6) is 0.0919. The molecule has 0 bridgehead atoms. The fourth-order valence-corrected chi connectivity index (χ4v) is 3.55. The van der Waals surface area contributed by atoms with E-state index in [0.29, 0.717) is 31.5 Å². The van der Waals surface area contributed by atoms with E-state index in [1.165, 1.54) is 0 Å². The van der Waals surface area contributed by atoms with Crippen LogP contribution in [-0.4, -0.2) is 58.2 Å². The topological polar surface area (TPSA) is 69.7 Å². The van der Waals surface area contributed by atoms with Gasteiger partial charge in [-0.15, -0.1) is 0 Å². The molecule has 1 N–H and O–H groups in total. The van der Waals surface area contributed by atoms with E-state index in [0.717, 1.165) is 5.69 Å². The predicted octanol–water partition coefficient (Wildman–Crippen LogP) is 1.30. The fourth-order valence-electron chi connectivity index (χ4n) is 2.64. The van der Waals surface area contributed by atoms with E-state index in [-0.39, 0.29) is 17.7 Å². The molecule has 128 valence electrons. The summed E-state index contributed by atoms with van der Waals surface area (Å²) in [6.07, 6.45) is 1.30. The number of carbonyl (C=O) groups excluding carboxylic acids is 1. The first kappa shape index (κ1) is 17.7. The van der Waals surface area contributed by atoms with Crippen molar-refractivity contribution in [3.8, 4) is 0 Å². The van der Waals surface area contributed by atoms with Gasteiger partial charge in [-0.3, -0.25) is 4.79 Å². The maximum Gasteiger partial charge on any atom is 0.253 e. The molecule has 0 saturated carbocycles. The van der Waals surface area contributed by atoms with Crippen LogP contribution in [0.15, 0.2) is 24.3 Å². The highest BCUT2D eigenvalue weighted by atomic mass is 32.2. The molecule has 0 aliphatic carbocycles. The second kappa shape index (κ2) is 7.31. The van der Waals surface area contributed by atoms with Gasteiger partial charge < -0.3 is 9.80 Å². The van der Waals surface area contributed by atoms with E-state index in [1.54, 1.807) is 11.8 Å². The van der Waals surface area contributed by atoms with Gasteiger partial charge in [0.15, 0.2) is 0 Å². The normalized spacial score (nSPS) is 16.4. The Morgan fingerprint density at radius 3 is 2.52 bits per heavy atom. The van der Waals surface area contributed by atoms with Gasteiger partial charge in [0, 0.05) is 44.5 Å². The quantitative estimate of drug-likeness (QED) is 0.878. The number of piperidine rings is 1. The van der Waals surface area contributed by atoms with Gasteiger partial charge in [-0.05, 0) is 38.0 Å². The molecule has 0 radical (unpaired) electrons. The number of amides is 1. The Bertz CT molecular complexity index is 650. The van der Waals surface area contributed by atoms with Crippen LogP contribution in [0.25, 0.3) is 0 Å². The lowest BCUT2D eigenvalue weighted by molar-refractivity contribution is 0.0711. The highest BCUT2D eigenvalue weighted by Gasteiger charge is 2.26. The van der Waals surface area contributed by atoms with E-state index in [4.69, 9.17) is 0 Å². The van der Waals surface area contributed by atoms with Crippen molar-refractivity contribution in [1.29, 1.82) is 0 Å². The number of nitrogens with one attached hydrogen (secondary N) is 1. The van der Waals surface area contributed by atoms with Crippen LogP contribution in [0.1, 0.15) is 30.1 Å². The molecule has 1 saturated heterocycles. The van der Waals surface area contributed by atoms with Crippen LogP contribution >= 0.6 is 0 Å². The Labute approximate surface area is 138 Å². The first-order chi connectivity index (χ1) is 10.8. The minimum Gasteiger partial charge on any atom is -0.378 e. The third-order valence-corrected chi connectivity index (χ3v) is 5.57. The molecule has 0 atom stereocenters. The Balaban J connectivity index is 1.97. The number of likely N-dealkylation sites (tertiary alicyclic amines) is 1. The smallest absolute Gasteiger partial charge is 0.253 e. The summed E-state index contributed by atoms with van der Waals surface area (Å²) in [7, 11) is 0.696. The molecule has 23 heavy (non-hydrogen) atoms. The Morgan fingerprint density at radius 2 is 1.96 bits per heavy atom. The largest absolute Gasteiger partial charge is 0.378 e. The van der Waals surface area contributed by atoms with Crippen molar-refractivity contribution in [3.05, 3.63) is 29.8 Å². The average Bonchev–Trinajstić information content (AvgIpc) is 2.54.